The van der Waals surface area contributed by atoms with Crippen LogP contribution < -0.4 is 10.6 Å². The van der Waals surface area contributed by atoms with Gasteiger partial charge in [-0.05, 0) is 63.0 Å². The second-order valence-corrected chi connectivity index (χ2v) is 7.54. The maximum absolute atomic E-state index is 12.5. The molecule has 0 unspecified atom stereocenters. The third-order valence-electron chi connectivity index (χ3n) is 4.70. The molecule has 2 aromatic rings. The van der Waals surface area contributed by atoms with Crippen LogP contribution in [-0.2, 0) is 4.79 Å². The lowest BCUT2D eigenvalue weighted by Gasteiger charge is -2.26. The Kier molecular flexibility index (Phi) is 4.94. The van der Waals surface area contributed by atoms with Gasteiger partial charge in [0.05, 0.1) is 5.52 Å². The molecule has 134 valence electrons. The third kappa shape index (κ3) is 4.10. The summed E-state index contributed by atoms with van der Waals surface area (Å²) in [6, 6.07) is 5.02. The van der Waals surface area contributed by atoms with E-state index in [1.807, 2.05) is 0 Å². The Hall–Kier alpha value is -2.15. The van der Waals surface area contributed by atoms with E-state index in [1.165, 1.54) is 12.8 Å². The normalized spacial score (nSPS) is 15.4. The molecular weight excluding hydrogens is 338 g/mol. The summed E-state index contributed by atoms with van der Waals surface area (Å²) in [6.45, 7) is 4.08. The van der Waals surface area contributed by atoms with E-state index in [-0.39, 0.29) is 16.7 Å². The number of oxazole rings is 1. The van der Waals surface area contributed by atoms with Crippen LogP contribution in [0.1, 0.15) is 49.9 Å². The van der Waals surface area contributed by atoms with Crippen molar-refractivity contribution in [3.63, 3.8) is 0 Å². The summed E-state index contributed by atoms with van der Waals surface area (Å²) >= 11 is 4.94. The number of hydrogen-bond acceptors (Lipinski definition) is 4. The topological polar surface area (TPSA) is 87.1 Å². The minimum atomic E-state index is -0.997. The molecule has 0 spiro atoms. The maximum atomic E-state index is 12.5. The summed E-state index contributed by atoms with van der Waals surface area (Å²) in [5, 5.41) is 5.75. The SMILES string of the molecule is CC(C)(NC(=O)c1ccc2[nH]c(=S)oc2c1)C(=O)NCC1CCCC1. The first-order valence-electron chi connectivity index (χ1n) is 8.59. The molecule has 1 aliphatic rings. The van der Waals surface area contributed by atoms with Crippen LogP contribution >= 0.6 is 12.2 Å². The highest BCUT2D eigenvalue weighted by Gasteiger charge is 2.30. The van der Waals surface area contributed by atoms with Gasteiger partial charge in [-0.25, -0.2) is 0 Å². The number of nitrogens with one attached hydrogen (secondary N) is 3. The summed E-state index contributed by atoms with van der Waals surface area (Å²) in [7, 11) is 0. The molecule has 0 saturated heterocycles. The van der Waals surface area contributed by atoms with E-state index >= 15 is 0 Å². The fraction of sp³-hybridized carbons (Fsp3) is 0.500. The molecule has 0 bridgehead atoms. The summed E-state index contributed by atoms with van der Waals surface area (Å²) in [6.07, 6.45) is 4.80. The fourth-order valence-corrected chi connectivity index (χ4v) is 3.37. The molecule has 2 amide bonds. The van der Waals surface area contributed by atoms with Crippen molar-refractivity contribution in [2.75, 3.05) is 6.54 Å². The molecule has 1 aliphatic carbocycles. The Morgan fingerprint density at radius 1 is 1.32 bits per heavy atom. The van der Waals surface area contributed by atoms with Crippen LogP contribution in [0.5, 0.6) is 0 Å². The van der Waals surface area contributed by atoms with E-state index in [9.17, 15) is 9.59 Å². The highest BCUT2D eigenvalue weighted by atomic mass is 32.1. The van der Waals surface area contributed by atoms with E-state index in [1.54, 1.807) is 32.0 Å². The molecule has 1 fully saturated rings. The van der Waals surface area contributed by atoms with Crippen LogP contribution in [0.25, 0.3) is 11.1 Å². The highest BCUT2D eigenvalue weighted by molar-refractivity contribution is 7.71. The lowest BCUT2D eigenvalue weighted by atomic mass is 10.0. The molecule has 25 heavy (non-hydrogen) atoms. The molecule has 0 radical (unpaired) electrons. The Bertz CT molecular complexity index is 847. The average molecular weight is 361 g/mol. The van der Waals surface area contributed by atoms with Crippen LogP contribution in [0.15, 0.2) is 22.6 Å². The molecule has 6 nitrogen and oxygen atoms in total. The van der Waals surface area contributed by atoms with Crippen LogP contribution in [0.3, 0.4) is 0 Å². The Labute approximate surface area is 151 Å². The lowest BCUT2D eigenvalue weighted by molar-refractivity contribution is -0.126. The number of carbonyl (C=O) groups excluding carboxylic acids is 2. The van der Waals surface area contributed by atoms with Gasteiger partial charge in [-0.2, -0.15) is 0 Å². The largest absolute Gasteiger partial charge is 0.429 e. The van der Waals surface area contributed by atoms with Gasteiger partial charge in [-0.15, -0.1) is 0 Å². The average Bonchev–Trinajstić information content (AvgIpc) is 3.19. The molecule has 3 rings (SSSR count). The molecule has 1 aromatic heterocycles. The predicted octanol–water partition coefficient (Wildman–Crippen LogP) is 3.31. The lowest BCUT2D eigenvalue weighted by Crippen LogP contribution is -2.55. The van der Waals surface area contributed by atoms with Crippen LogP contribution in [0, 0.1) is 10.8 Å². The second kappa shape index (κ2) is 7.00. The van der Waals surface area contributed by atoms with Crippen molar-refractivity contribution < 1.29 is 14.0 Å². The van der Waals surface area contributed by atoms with Gasteiger partial charge in [0.15, 0.2) is 5.58 Å². The first-order valence-corrected chi connectivity index (χ1v) is 9.00. The summed E-state index contributed by atoms with van der Waals surface area (Å²) < 4.78 is 5.33. The smallest absolute Gasteiger partial charge is 0.266 e. The van der Waals surface area contributed by atoms with E-state index in [4.69, 9.17) is 16.6 Å². The Morgan fingerprint density at radius 3 is 2.76 bits per heavy atom. The quantitative estimate of drug-likeness (QED) is 0.713. The van der Waals surface area contributed by atoms with Gasteiger partial charge in [-0.1, -0.05) is 12.8 Å². The van der Waals surface area contributed by atoms with Gasteiger partial charge >= 0.3 is 0 Å². The number of H-pyrrole nitrogens is 1. The standard InChI is InChI=1S/C18H23N3O3S/c1-18(2,16(23)19-10-11-5-3-4-6-11)21-15(22)12-7-8-13-14(9-12)24-17(25)20-13/h7-9,11H,3-6,10H2,1-2H3,(H,19,23)(H,20,25)(H,21,22). The van der Waals surface area contributed by atoms with E-state index in [0.29, 0.717) is 23.6 Å². The summed E-state index contributed by atoms with van der Waals surface area (Å²) in [5.74, 6) is 0.0545. The zero-order chi connectivity index (χ0) is 18.0. The summed E-state index contributed by atoms with van der Waals surface area (Å²) in [4.78, 5) is 28.1. The number of aromatic amines is 1. The van der Waals surface area contributed by atoms with E-state index in [2.05, 4.69) is 15.6 Å². The van der Waals surface area contributed by atoms with Crippen molar-refractivity contribution >= 4 is 35.1 Å². The molecule has 1 heterocycles. The zero-order valence-electron chi connectivity index (χ0n) is 14.5. The van der Waals surface area contributed by atoms with Gasteiger partial charge in [-0.3, -0.25) is 9.59 Å². The highest BCUT2D eigenvalue weighted by Crippen LogP contribution is 2.24. The number of aromatic nitrogens is 1. The van der Waals surface area contributed by atoms with Crippen molar-refractivity contribution in [1.29, 1.82) is 0 Å². The van der Waals surface area contributed by atoms with Crippen LogP contribution in [0.2, 0.25) is 0 Å². The molecule has 0 atom stereocenters. The second-order valence-electron chi connectivity index (χ2n) is 7.17. The summed E-state index contributed by atoms with van der Waals surface area (Å²) in [5.41, 5.74) is 0.668. The van der Waals surface area contributed by atoms with Gasteiger partial charge in [0.1, 0.15) is 5.54 Å². The monoisotopic (exact) mass is 361 g/mol. The number of carbonyl (C=O) groups is 2. The number of fused-ring (bicyclic) bond motifs is 1. The van der Waals surface area contributed by atoms with E-state index in [0.717, 1.165) is 18.4 Å². The molecular formula is C18H23N3O3S. The molecule has 7 heteroatoms. The number of amides is 2. The van der Waals surface area contributed by atoms with Gasteiger partial charge in [0.25, 0.3) is 10.7 Å². The van der Waals surface area contributed by atoms with E-state index < -0.39 is 5.54 Å². The molecule has 1 saturated carbocycles. The molecule has 0 aliphatic heterocycles. The molecule has 3 N–H and O–H groups in total. The van der Waals surface area contributed by atoms with Crippen molar-refractivity contribution in [1.82, 2.24) is 15.6 Å². The maximum Gasteiger partial charge on any atom is 0.266 e. The minimum absolute atomic E-state index is 0.173. The molecule has 1 aromatic carbocycles. The van der Waals surface area contributed by atoms with Crippen molar-refractivity contribution in [3.05, 3.63) is 28.6 Å². The number of hydrogen-bond donors (Lipinski definition) is 3. The zero-order valence-corrected chi connectivity index (χ0v) is 15.3. The van der Waals surface area contributed by atoms with Crippen molar-refractivity contribution in [3.8, 4) is 0 Å². The first kappa shape index (κ1) is 17.7. The van der Waals surface area contributed by atoms with Gasteiger partial charge < -0.3 is 20.0 Å². The first-order chi connectivity index (χ1) is 11.8. The van der Waals surface area contributed by atoms with Gasteiger partial charge in [0.2, 0.25) is 5.91 Å². The number of rotatable bonds is 5. The minimum Gasteiger partial charge on any atom is -0.429 e. The predicted molar refractivity (Wildman–Crippen MR) is 97.9 cm³/mol. The Morgan fingerprint density at radius 2 is 2.04 bits per heavy atom. The fourth-order valence-electron chi connectivity index (χ4n) is 3.17. The van der Waals surface area contributed by atoms with Crippen LogP contribution in [0.4, 0.5) is 0 Å². The van der Waals surface area contributed by atoms with Crippen molar-refractivity contribution in [2.24, 2.45) is 5.92 Å². The van der Waals surface area contributed by atoms with Crippen molar-refractivity contribution in [2.45, 2.75) is 45.1 Å². The Balaban J connectivity index is 1.64. The number of benzene rings is 1. The van der Waals surface area contributed by atoms with Crippen LogP contribution in [-0.4, -0.2) is 28.9 Å². The van der Waals surface area contributed by atoms with Gasteiger partial charge in [0, 0.05) is 12.1 Å². The third-order valence-corrected chi connectivity index (χ3v) is 4.89.